The van der Waals surface area contributed by atoms with Crippen molar-refractivity contribution in [3.8, 4) is 0 Å². The molecular weight excluding hydrogens is 208 g/mol. The highest BCUT2D eigenvalue weighted by atomic mass is 35.5. The van der Waals surface area contributed by atoms with E-state index in [4.69, 9.17) is 11.6 Å². The van der Waals surface area contributed by atoms with Crippen molar-refractivity contribution in [2.75, 3.05) is 0 Å². The first-order chi connectivity index (χ1) is 7.24. The zero-order valence-electron chi connectivity index (χ0n) is 8.82. The summed E-state index contributed by atoms with van der Waals surface area (Å²) in [5, 5.41) is 10.2. The molecule has 2 rings (SSSR count). The van der Waals surface area contributed by atoms with Gasteiger partial charge in [-0.05, 0) is 55.7 Å². The topological polar surface area (TPSA) is 20.2 Å². The van der Waals surface area contributed by atoms with Gasteiger partial charge in [0.1, 0.15) is 0 Å². The van der Waals surface area contributed by atoms with Gasteiger partial charge in [-0.1, -0.05) is 23.7 Å². The molecule has 15 heavy (non-hydrogen) atoms. The van der Waals surface area contributed by atoms with Gasteiger partial charge in [-0.3, -0.25) is 0 Å². The van der Waals surface area contributed by atoms with Gasteiger partial charge in [0.05, 0.1) is 6.10 Å². The molecule has 0 saturated heterocycles. The highest BCUT2D eigenvalue weighted by Crippen LogP contribution is 2.27. The van der Waals surface area contributed by atoms with Crippen LogP contribution in [-0.2, 0) is 6.42 Å². The Morgan fingerprint density at radius 2 is 1.67 bits per heavy atom. The van der Waals surface area contributed by atoms with Crippen molar-refractivity contribution in [3.05, 3.63) is 34.9 Å². The Balaban J connectivity index is 1.89. The molecule has 0 amide bonds. The third-order valence-electron chi connectivity index (χ3n) is 3.25. The molecule has 1 fully saturated rings. The van der Waals surface area contributed by atoms with Gasteiger partial charge in [-0.2, -0.15) is 0 Å². The molecule has 0 bridgehead atoms. The third kappa shape index (κ3) is 3.22. The van der Waals surface area contributed by atoms with Crippen LogP contribution in [-0.4, -0.2) is 11.2 Å². The molecule has 0 aromatic heterocycles. The minimum absolute atomic E-state index is 0.0496. The third-order valence-corrected chi connectivity index (χ3v) is 3.51. The Hall–Kier alpha value is -0.530. The first-order valence-corrected chi connectivity index (χ1v) is 6.04. The first kappa shape index (κ1) is 11.0. The Morgan fingerprint density at radius 1 is 1.07 bits per heavy atom. The average molecular weight is 225 g/mol. The molecule has 0 unspecified atom stereocenters. The number of aliphatic hydroxyl groups is 1. The SMILES string of the molecule is OC1CCC(Cc2ccc(Cl)cc2)CC1. The van der Waals surface area contributed by atoms with Crippen LogP contribution in [0, 0.1) is 5.92 Å². The fourth-order valence-corrected chi connectivity index (χ4v) is 2.43. The summed E-state index contributed by atoms with van der Waals surface area (Å²) in [6.45, 7) is 0. The molecule has 1 aromatic carbocycles. The van der Waals surface area contributed by atoms with Crippen LogP contribution < -0.4 is 0 Å². The lowest BCUT2D eigenvalue weighted by Gasteiger charge is -2.25. The number of aliphatic hydroxyl groups excluding tert-OH is 1. The maximum Gasteiger partial charge on any atom is 0.0540 e. The lowest BCUT2D eigenvalue weighted by atomic mass is 9.83. The molecule has 1 aromatic rings. The van der Waals surface area contributed by atoms with Crippen molar-refractivity contribution in [2.24, 2.45) is 5.92 Å². The number of hydrogen-bond acceptors (Lipinski definition) is 1. The summed E-state index contributed by atoms with van der Waals surface area (Å²) >= 11 is 5.84. The van der Waals surface area contributed by atoms with Crippen molar-refractivity contribution in [1.29, 1.82) is 0 Å². The van der Waals surface area contributed by atoms with E-state index in [1.165, 1.54) is 5.56 Å². The van der Waals surface area contributed by atoms with Crippen LogP contribution in [0.2, 0.25) is 5.02 Å². The fourth-order valence-electron chi connectivity index (χ4n) is 2.30. The molecule has 1 aliphatic carbocycles. The highest BCUT2D eigenvalue weighted by molar-refractivity contribution is 6.30. The van der Waals surface area contributed by atoms with Crippen molar-refractivity contribution < 1.29 is 5.11 Å². The molecule has 0 aliphatic heterocycles. The lowest BCUT2D eigenvalue weighted by Crippen LogP contribution is -2.19. The van der Waals surface area contributed by atoms with Crippen LogP contribution in [0.3, 0.4) is 0 Å². The quantitative estimate of drug-likeness (QED) is 0.816. The molecule has 0 heterocycles. The minimum atomic E-state index is -0.0496. The fraction of sp³-hybridized carbons (Fsp3) is 0.538. The predicted molar refractivity (Wildman–Crippen MR) is 63.1 cm³/mol. The molecule has 1 nitrogen and oxygen atoms in total. The molecule has 0 atom stereocenters. The summed E-state index contributed by atoms with van der Waals surface area (Å²) in [5.74, 6) is 0.745. The summed E-state index contributed by atoms with van der Waals surface area (Å²) in [7, 11) is 0. The number of rotatable bonds is 2. The van der Waals surface area contributed by atoms with Gasteiger partial charge in [0.25, 0.3) is 0 Å². The van der Waals surface area contributed by atoms with Crippen LogP contribution in [0.5, 0.6) is 0 Å². The predicted octanol–water partition coefficient (Wildman–Crippen LogP) is 3.43. The van der Waals surface area contributed by atoms with Crippen LogP contribution in [0.15, 0.2) is 24.3 Å². The molecule has 1 N–H and O–H groups in total. The Kier molecular flexibility index (Phi) is 3.66. The zero-order chi connectivity index (χ0) is 10.7. The Morgan fingerprint density at radius 3 is 2.27 bits per heavy atom. The van der Waals surface area contributed by atoms with Crippen LogP contribution in [0.4, 0.5) is 0 Å². The molecule has 0 radical (unpaired) electrons. The molecule has 2 heteroatoms. The maximum atomic E-state index is 9.41. The summed E-state index contributed by atoms with van der Waals surface area (Å²) in [6, 6.07) is 8.11. The second kappa shape index (κ2) is 5.00. The van der Waals surface area contributed by atoms with E-state index in [1.807, 2.05) is 12.1 Å². The van der Waals surface area contributed by atoms with Crippen molar-refractivity contribution in [1.82, 2.24) is 0 Å². The number of hydrogen-bond donors (Lipinski definition) is 1. The number of halogens is 1. The van der Waals surface area contributed by atoms with Crippen molar-refractivity contribution in [2.45, 2.75) is 38.2 Å². The summed E-state index contributed by atoms with van der Waals surface area (Å²) in [4.78, 5) is 0. The zero-order valence-corrected chi connectivity index (χ0v) is 9.58. The molecule has 0 spiro atoms. The average Bonchev–Trinajstić information content (AvgIpc) is 2.25. The maximum absolute atomic E-state index is 9.41. The number of benzene rings is 1. The summed E-state index contributed by atoms with van der Waals surface area (Å²) in [5.41, 5.74) is 1.36. The monoisotopic (exact) mass is 224 g/mol. The second-order valence-corrected chi connectivity index (χ2v) is 4.94. The Labute approximate surface area is 96.1 Å². The normalized spacial score (nSPS) is 26.5. The summed E-state index contributed by atoms with van der Waals surface area (Å²) < 4.78 is 0. The van der Waals surface area contributed by atoms with E-state index < -0.39 is 0 Å². The van der Waals surface area contributed by atoms with Gasteiger partial charge in [-0.25, -0.2) is 0 Å². The van der Waals surface area contributed by atoms with Crippen LogP contribution in [0.25, 0.3) is 0 Å². The van der Waals surface area contributed by atoms with Gasteiger partial charge < -0.3 is 5.11 Å². The van der Waals surface area contributed by atoms with E-state index in [-0.39, 0.29) is 6.10 Å². The van der Waals surface area contributed by atoms with Crippen molar-refractivity contribution in [3.63, 3.8) is 0 Å². The standard InChI is InChI=1S/C13H17ClO/c14-12-5-1-10(2-6-12)9-11-3-7-13(15)8-4-11/h1-2,5-6,11,13,15H,3-4,7-9H2. The van der Waals surface area contributed by atoms with Gasteiger partial charge in [0, 0.05) is 5.02 Å². The van der Waals surface area contributed by atoms with E-state index in [0.29, 0.717) is 0 Å². The van der Waals surface area contributed by atoms with Crippen LogP contribution >= 0.6 is 11.6 Å². The lowest BCUT2D eigenvalue weighted by molar-refractivity contribution is 0.109. The van der Waals surface area contributed by atoms with Crippen molar-refractivity contribution >= 4 is 11.6 Å². The first-order valence-electron chi connectivity index (χ1n) is 5.66. The second-order valence-electron chi connectivity index (χ2n) is 4.51. The van der Waals surface area contributed by atoms with Gasteiger partial charge in [-0.15, -0.1) is 0 Å². The van der Waals surface area contributed by atoms with Gasteiger partial charge >= 0.3 is 0 Å². The largest absolute Gasteiger partial charge is 0.393 e. The molecule has 1 saturated carbocycles. The van der Waals surface area contributed by atoms with Gasteiger partial charge in [0.15, 0.2) is 0 Å². The van der Waals surface area contributed by atoms with E-state index in [0.717, 1.165) is 43.0 Å². The van der Waals surface area contributed by atoms with E-state index in [1.54, 1.807) is 0 Å². The van der Waals surface area contributed by atoms with Gasteiger partial charge in [0.2, 0.25) is 0 Å². The van der Waals surface area contributed by atoms with E-state index >= 15 is 0 Å². The Bertz CT molecular complexity index is 299. The minimum Gasteiger partial charge on any atom is -0.393 e. The highest BCUT2D eigenvalue weighted by Gasteiger charge is 2.19. The van der Waals surface area contributed by atoms with E-state index in [2.05, 4.69) is 12.1 Å². The molecule has 82 valence electrons. The smallest absolute Gasteiger partial charge is 0.0540 e. The van der Waals surface area contributed by atoms with E-state index in [9.17, 15) is 5.11 Å². The van der Waals surface area contributed by atoms with Crippen LogP contribution in [0.1, 0.15) is 31.2 Å². The molecule has 1 aliphatic rings. The molecular formula is C13H17ClO. The summed E-state index contributed by atoms with van der Waals surface area (Å²) in [6.07, 6.45) is 5.33.